The molecule has 0 bridgehead atoms. The molecule has 0 spiro atoms. The molecule has 2 aromatic rings. The number of aryl methyl sites for hydroxylation is 2. The normalized spacial score (nSPS) is 23.9. The van der Waals surface area contributed by atoms with Crippen molar-refractivity contribution < 1.29 is 4.79 Å². The number of allylic oxidation sites excluding steroid dienone is 2. The van der Waals surface area contributed by atoms with E-state index in [1.165, 1.54) is 5.57 Å². The van der Waals surface area contributed by atoms with Crippen molar-refractivity contribution in [2.24, 2.45) is 5.92 Å². The molecule has 0 radical (unpaired) electrons. The molecule has 3 aliphatic heterocycles. The summed E-state index contributed by atoms with van der Waals surface area (Å²) in [5.41, 5.74) is 5.06. The molecule has 144 valence electrons. The average Bonchev–Trinajstić information content (AvgIpc) is 3.13. The van der Waals surface area contributed by atoms with E-state index in [1.54, 1.807) is 6.08 Å². The van der Waals surface area contributed by atoms with Crippen molar-refractivity contribution >= 4 is 25.3 Å². The van der Waals surface area contributed by atoms with E-state index in [9.17, 15) is 4.79 Å². The molecule has 0 saturated carbocycles. The third-order valence-electron chi connectivity index (χ3n) is 5.73. The number of carbonyl (C=O) groups excluding carboxylic acids is 1. The van der Waals surface area contributed by atoms with Gasteiger partial charge in [-0.2, -0.15) is 5.10 Å². The van der Waals surface area contributed by atoms with E-state index in [1.807, 2.05) is 35.5 Å². The van der Waals surface area contributed by atoms with Crippen molar-refractivity contribution in [3.8, 4) is 0 Å². The lowest BCUT2D eigenvalue weighted by molar-refractivity contribution is -0.123. The molecule has 2 atom stereocenters. The second-order valence-corrected chi connectivity index (χ2v) is 9.15. The summed E-state index contributed by atoms with van der Waals surface area (Å²) in [6, 6.07) is 2.05. The van der Waals surface area contributed by atoms with Gasteiger partial charge in [-0.15, -0.1) is 0 Å². The first-order valence-electron chi connectivity index (χ1n) is 9.84. The van der Waals surface area contributed by atoms with Gasteiger partial charge in [0.25, 0.3) is 5.91 Å². The second kappa shape index (κ2) is 6.94. The predicted octanol–water partition coefficient (Wildman–Crippen LogP) is 2.99. The van der Waals surface area contributed by atoms with E-state index in [0.717, 1.165) is 53.8 Å². The zero-order valence-electron chi connectivity index (χ0n) is 16.1. The number of nitrogens with one attached hydrogen (secondary N) is 1. The van der Waals surface area contributed by atoms with Crippen molar-refractivity contribution in [2.45, 2.75) is 32.5 Å². The summed E-state index contributed by atoms with van der Waals surface area (Å²) in [6.07, 6.45) is 12.5. The van der Waals surface area contributed by atoms with Crippen molar-refractivity contribution in [2.75, 3.05) is 13.1 Å². The van der Waals surface area contributed by atoms with Gasteiger partial charge in [0.15, 0.2) is 0 Å². The monoisotopic (exact) mass is 393 g/mol. The van der Waals surface area contributed by atoms with Crippen molar-refractivity contribution in [1.82, 2.24) is 24.8 Å². The lowest BCUT2D eigenvalue weighted by Crippen LogP contribution is -2.37. The number of hydrogen-bond acceptors (Lipinski definition) is 4. The lowest BCUT2D eigenvalue weighted by Gasteiger charge is -2.35. The Balaban J connectivity index is 1.44. The number of carbonyl (C=O) groups is 1. The van der Waals surface area contributed by atoms with Crippen LogP contribution in [0.25, 0.3) is 10.8 Å². The maximum Gasteiger partial charge on any atom is 0.252 e. The number of amides is 1. The van der Waals surface area contributed by atoms with Crippen LogP contribution < -0.4 is 5.32 Å². The Bertz CT molecular complexity index is 1040. The van der Waals surface area contributed by atoms with Crippen LogP contribution in [0, 0.1) is 19.8 Å². The van der Waals surface area contributed by atoms with Crippen LogP contribution in [0.3, 0.4) is 0 Å². The second-order valence-electron chi connectivity index (χ2n) is 7.73. The van der Waals surface area contributed by atoms with Crippen LogP contribution in [0.2, 0.25) is 0 Å². The van der Waals surface area contributed by atoms with Gasteiger partial charge >= 0.3 is 0 Å². The minimum Gasteiger partial charge on any atom is -0.317 e. The van der Waals surface area contributed by atoms with Gasteiger partial charge in [-0.05, 0) is 57.3 Å². The SMILES string of the molecule is Cc1cn2nc(C3=CC(=O)N4C=C(C5CCNCC5)C=CC4P3)cc2c(C)n1. The largest absolute Gasteiger partial charge is 0.317 e. The van der Waals surface area contributed by atoms with E-state index in [-0.39, 0.29) is 11.7 Å². The average molecular weight is 393 g/mol. The van der Waals surface area contributed by atoms with E-state index < -0.39 is 0 Å². The number of fused-ring (bicyclic) bond motifs is 2. The van der Waals surface area contributed by atoms with Gasteiger partial charge in [0.2, 0.25) is 0 Å². The van der Waals surface area contributed by atoms with Gasteiger partial charge < -0.3 is 10.2 Å². The maximum absolute atomic E-state index is 12.9. The summed E-state index contributed by atoms with van der Waals surface area (Å²) in [5, 5.41) is 9.15. The summed E-state index contributed by atoms with van der Waals surface area (Å²) in [5.74, 6) is 0.707. The van der Waals surface area contributed by atoms with E-state index in [2.05, 4.69) is 28.7 Å². The number of aromatic nitrogens is 3. The van der Waals surface area contributed by atoms with Gasteiger partial charge in [-0.25, -0.2) is 4.52 Å². The fourth-order valence-corrected chi connectivity index (χ4v) is 5.59. The summed E-state index contributed by atoms with van der Waals surface area (Å²) in [7, 11) is 0.490. The smallest absolute Gasteiger partial charge is 0.252 e. The summed E-state index contributed by atoms with van der Waals surface area (Å²) in [4.78, 5) is 19.3. The summed E-state index contributed by atoms with van der Waals surface area (Å²) in [6.45, 7) is 6.08. The first-order chi connectivity index (χ1) is 13.6. The Morgan fingerprint density at radius 1 is 1.25 bits per heavy atom. The van der Waals surface area contributed by atoms with Crippen LogP contribution in [0.1, 0.15) is 29.9 Å². The summed E-state index contributed by atoms with van der Waals surface area (Å²) < 4.78 is 1.88. The molecule has 1 saturated heterocycles. The first-order valence-corrected chi connectivity index (χ1v) is 10.9. The zero-order valence-corrected chi connectivity index (χ0v) is 17.1. The van der Waals surface area contributed by atoms with Gasteiger partial charge in [-0.1, -0.05) is 20.7 Å². The molecule has 1 amide bonds. The molecular formula is C21H24N5OP. The number of hydrogen-bond donors (Lipinski definition) is 1. The van der Waals surface area contributed by atoms with Crippen LogP contribution in [-0.4, -0.2) is 44.3 Å². The van der Waals surface area contributed by atoms with E-state index >= 15 is 0 Å². The number of nitrogens with zero attached hydrogens (tertiary/aromatic N) is 4. The third-order valence-corrected chi connectivity index (χ3v) is 7.21. The molecule has 1 N–H and O–H groups in total. The van der Waals surface area contributed by atoms with Gasteiger partial charge in [0.1, 0.15) is 0 Å². The van der Waals surface area contributed by atoms with E-state index in [4.69, 9.17) is 5.10 Å². The highest BCUT2D eigenvalue weighted by Gasteiger charge is 2.31. The fraction of sp³-hybridized carbons (Fsp3) is 0.381. The third kappa shape index (κ3) is 3.11. The Kier molecular flexibility index (Phi) is 4.41. The van der Waals surface area contributed by atoms with Crippen LogP contribution in [-0.2, 0) is 4.79 Å². The lowest BCUT2D eigenvalue weighted by atomic mass is 9.89. The molecule has 2 unspecified atom stereocenters. The molecule has 5 rings (SSSR count). The highest BCUT2D eigenvalue weighted by Crippen LogP contribution is 2.45. The molecule has 0 aliphatic carbocycles. The molecule has 28 heavy (non-hydrogen) atoms. The highest BCUT2D eigenvalue weighted by molar-refractivity contribution is 7.51. The Morgan fingerprint density at radius 3 is 2.89 bits per heavy atom. The van der Waals surface area contributed by atoms with Crippen LogP contribution >= 0.6 is 8.58 Å². The minimum absolute atomic E-state index is 0.0534. The van der Waals surface area contributed by atoms with Crippen molar-refractivity contribution in [3.63, 3.8) is 0 Å². The zero-order chi connectivity index (χ0) is 19.3. The van der Waals surface area contributed by atoms with Crippen LogP contribution in [0.15, 0.2) is 42.3 Å². The number of piperidine rings is 1. The van der Waals surface area contributed by atoms with Gasteiger partial charge in [0, 0.05) is 17.6 Å². The van der Waals surface area contributed by atoms with Crippen molar-refractivity contribution in [3.05, 3.63) is 59.3 Å². The molecule has 7 heteroatoms. The van der Waals surface area contributed by atoms with E-state index in [0.29, 0.717) is 14.5 Å². The molecule has 3 aliphatic rings. The Hall–Kier alpha value is -2.30. The summed E-state index contributed by atoms with van der Waals surface area (Å²) >= 11 is 0. The molecule has 2 aromatic heterocycles. The standard InChI is InChI=1S/C21H24N5OP/c1-13-11-26-18(14(2)23-13)9-17(24-26)19-10-20(27)25-12-16(3-4-21(25)28-19)15-5-7-22-8-6-15/h3-4,9-12,15,21-22,28H,5-8H2,1-2H3. The van der Waals surface area contributed by atoms with Gasteiger partial charge in [-0.3, -0.25) is 9.78 Å². The van der Waals surface area contributed by atoms with Gasteiger partial charge in [0.05, 0.1) is 34.6 Å². The quantitative estimate of drug-likeness (QED) is 0.797. The molecular weight excluding hydrogens is 369 g/mol. The van der Waals surface area contributed by atoms with Crippen LogP contribution in [0.4, 0.5) is 0 Å². The molecule has 5 heterocycles. The fourth-order valence-electron chi connectivity index (χ4n) is 4.26. The highest BCUT2D eigenvalue weighted by atomic mass is 31.1. The predicted molar refractivity (Wildman–Crippen MR) is 112 cm³/mol. The Labute approximate surface area is 166 Å². The molecule has 1 fully saturated rings. The van der Waals surface area contributed by atoms with Crippen LogP contribution in [0.5, 0.6) is 0 Å². The number of rotatable bonds is 2. The minimum atomic E-state index is 0.0534. The Morgan fingerprint density at radius 2 is 2.07 bits per heavy atom. The first kappa shape index (κ1) is 17.8. The topological polar surface area (TPSA) is 62.5 Å². The molecule has 6 nitrogen and oxygen atoms in total. The molecule has 0 aromatic carbocycles. The van der Waals surface area contributed by atoms with Crippen molar-refractivity contribution in [1.29, 1.82) is 0 Å². The maximum atomic E-state index is 12.9.